The highest BCUT2D eigenvalue weighted by atomic mass is 19.1. The number of aryl methyl sites for hydroxylation is 3. The molecule has 8 heteroatoms. The number of hydrogen-bond acceptors (Lipinski definition) is 5. The second-order valence-corrected chi connectivity index (χ2v) is 7.93. The molecule has 0 atom stereocenters. The van der Waals surface area contributed by atoms with Crippen LogP contribution in [0.5, 0.6) is 0 Å². The number of hydrogen-bond donors (Lipinski definition) is 1. The standard InChI is InChI=1S/C22H27FN4O3/c1-14-12-17(23)13-16-4-3-7-27(20(14)16)19(28)6-5-18-15(2)24-22(25-21(18)29)26-8-10-30-11-9-26/h12-13H,3-11H2,1-2H3,(H,24,25,29). The van der Waals surface area contributed by atoms with E-state index in [0.717, 1.165) is 29.7 Å². The van der Waals surface area contributed by atoms with Crippen LogP contribution in [0.15, 0.2) is 16.9 Å². The average Bonchev–Trinajstić information content (AvgIpc) is 2.72. The minimum atomic E-state index is -0.269. The van der Waals surface area contributed by atoms with Gasteiger partial charge < -0.3 is 14.5 Å². The normalized spacial score (nSPS) is 16.5. The lowest BCUT2D eigenvalue weighted by molar-refractivity contribution is -0.118. The molecular weight excluding hydrogens is 387 g/mol. The number of rotatable bonds is 4. The molecule has 1 fully saturated rings. The van der Waals surface area contributed by atoms with Gasteiger partial charge in [0.1, 0.15) is 5.82 Å². The van der Waals surface area contributed by atoms with Gasteiger partial charge in [-0.3, -0.25) is 14.6 Å². The summed E-state index contributed by atoms with van der Waals surface area (Å²) >= 11 is 0. The number of benzene rings is 1. The molecule has 160 valence electrons. The molecule has 2 aliphatic heterocycles. The fourth-order valence-corrected chi connectivity index (χ4v) is 4.35. The molecule has 1 amide bonds. The van der Waals surface area contributed by atoms with Gasteiger partial charge in [-0.25, -0.2) is 9.37 Å². The largest absolute Gasteiger partial charge is 0.378 e. The zero-order valence-electron chi connectivity index (χ0n) is 17.5. The number of carbonyl (C=O) groups excluding carboxylic acids is 1. The Morgan fingerprint density at radius 2 is 2.00 bits per heavy atom. The molecule has 3 heterocycles. The van der Waals surface area contributed by atoms with Gasteiger partial charge in [-0.15, -0.1) is 0 Å². The summed E-state index contributed by atoms with van der Waals surface area (Å²) < 4.78 is 19.1. The lowest BCUT2D eigenvalue weighted by Gasteiger charge is -2.31. The molecule has 1 aromatic carbocycles. The van der Waals surface area contributed by atoms with E-state index in [1.54, 1.807) is 4.90 Å². The topological polar surface area (TPSA) is 78.5 Å². The summed E-state index contributed by atoms with van der Waals surface area (Å²) in [5.74, 6) is 0.231. The van der Waals surface area contributed by atoms with E-state index in [0.29, 0.717) is 56.5 Å². The predicted octanol–water partition coefficient (Wildman–Crippen LogP) is 2.27. The Labute approximate surface area is 174 Å². The molecule has 0 spiro atoms. The van der Waals surface area contributed by atoms with Crippen molar-refractivity contribution in [2.24, 2.45) is 0 Å². The van der Waals surface area contributed by atoms with Crippen LogP contribution in [0.25, 0.3) is 0 Å². The number of H-pyrrole nitrogens is 1. The van der Waals surface area contributed by atoms with E-state index >= 15 is 0 Å². The van der Waals surface area contributed by atoms with Crippen molar-refractivity contribution in [2.45, 2.75) is 39.5 Å². The molecule has 1 saturated heterocycles. The number of morpholine rings is 1. The van der Waals surface area contributed by atoms with E-state index in [4.69, 9.17) is 4.74 Å². The SMILES string of the molecule is Cc1cc(F)cc2c1N(C(=O)CCc1c(C)nc(N3CCOCC3)[nH]c1=O)CCC2. The molecule has 0 saturated carbocycles. The third kappa shape index (κ3) is 4.09. The molecule has 30 heavy (non-hydrogen) atoms. The van der Waals surface area contributed by atoms with Crippen molar-refractivity contribution in [3.05, 3.63) is 50.7 Å². The maximum atomic E-state index is 13.7. The number of nitrogens with zero attached hydrogens (tertiary/aromatic N) is 3. The smallest absolute Gasteiger partial charge is 0.255 e. The maximum absolute atomic E-state index is 13.7. The second kappa shape index (κ2) is 8.55. The minimum absolute atomic E-state index is 0.0540. The summed E-state index contributed by atoms with van der Waals surface area (Å²) in [5.41, 5.74) is 3.44. The van der Waals surface area contributed by atoms with E-state index < -0.39 is 0 Å². The number of aromatic nitrogens is 2. The van der Waals surface area contributed by atoms with Gasteiger partial charge in [-0.1, -0.05) is 0 Å². The first-order valence-corrected chi connectivity index (χ1v) is 10.5. The third-order valence-corrected chi connectivity index (χ3v) is 5.85. The molecule has 2 aliphatic rings. The highest BCUT2D eigenvalue weighted by molar-refractivity contribution is 5.95. The van der Waals surface area contributed by atoms with Gasteiger partial charge in [-0.05, 0) is 56.4 Å². The van der Waals surface area contributed by atoms with Crippen molar-refractivity contribution >= 4 is 17.5 Å². The van der Waals surface area contributed by atoms with Crippen molar-refractivity contribution in [1.82, 2.24) is 9.97 Å². The summed E-state index contributed by atoms with van der Waals surface area (Å²) in [6, 6.07) is 2.98. The van der Waals surface area contributed by atoms with Gasteiger partial charge in [0.05, 0.1) is 13.2 Å². The fourth-order valence-electron chi connectivity index (χ4n) is 4.35. The number of amides is 1. The second-order valence-electron chi connectivity index (χ2n) is 7.93. The number of nitrogens with one attached hydrogen (secondary N) is 1. The number of ether oxygens (including phenoxy) is 1. The Kier molecular flexibility index (Phi) is 5.85. The molecule has 1 aromatic heterocycles. The first-order valence-electron chi connectivity index (χ1n) is 10.5. The van der Waals surface area contributed by atoms with E-state index in [1.165, 1.54) is 12.1 Å². The van der Waals surface area contributed by atoms with Crippen molar-refractivity contribution in [3.63, 3.8) is 0 Å². The van der Waals surface area contributed by atoms with Crippen LogP contribution in [0.2, 0.25) is 0 Å². The number of carbonyl (C=O) groups is 1. The van der Waals surface area contributed by atoms with Gasteiger partial charge in [0.15, 0.2) is 0 Å². The van der Waals surface area contributed by atoms with E-state index in [2.05, 4.69) is 9.97 Å². The Morgan fingerprint density at radius 3 is 2.73 bits per heavy atom. The zero-order chi connectivity index (χ0) is 21.3. The van der Waals surface area contributed by atoms with Crippen LogP contribution < -0.4 is 15.4 Å². The molecule has 1 N–H and O–H groups in total. The van der Waals surface area contributed by atoms with Crippen molar-refractivity contribution in [1.29, 1.82) is 0 Å². The van der Waals surface area contributed by atoms with Crippen molar-refractivity contribution < 1.29 is 13.9 Å². The maximum Gasteiger partial charge on any atom is 0.255 e. The predicted molar refractivity (Wildman–Crippen MR) is 113 cm³/mol. The summed E-state index contributed by atoms with van der Waals surface area (Å²) in [5, 5.41) is 0. The van der Waals surface area contributed by atoms with E-state index in [9.17, 15) is 14.0 Å². The highest BCUT2D eigenvalue weighted by Crippen LogP contribution is 2.32. The van der Waals surface area contributed by atoms with Crippen LogP contribution in [0, 0.1) is 19.7 Å². The summed E-state index contributed by atoms with van der Waals surface area (Å²) in [6.45, 7) is 6.85. The van der Waals surface area contributed by atoms with Crippen LogP contribution in [0.3, 0.4) is 0 Å². The van der Waals surface area contributed by atoms with Crippen LogP contribution in [-0.4, -0.2) is 48.7 Å². The highest BCUT2D eigenvalue weighted by Gasteiger charge is 2.25. The van der Waals surface area contributed by atoms with Gasteiger partial charge >= 0.3 is 0 Å². The molecule has 7 nitrogen and oxygen atoms in total. The fraction of sp³-hybridized carbons (Fsp3) is 0.500. The Balaban J connectivity index is 1.49. The van der Waals surface area contributed by atoms with Gasteiger partial charge in [-0.2, -0.15) is 0 Å². The molecular formula is C22H27FN4O3. The van der Waals surface area contributed by atoms with Crippen LogP contribution in [0.4, 0.5) is 16.0 Å². The zero-order valence-corrected chi connectivity index (χ0v) is 17.5. The average molecular weight is 414 g/mol. The van der Waals surface area contributed by atoms with Gasteiger partial charge in [0.25, 0.3) is 5.56 Å². The number of aromatic amines is 1. The third-order valence-electron chi connectivity index (χ3n) is 5.85. The van der Waals surface area contributed by atoms with Crippen molar-refractivity contribution in [2.75, 3.05) is 42.6 Å². The molecule has 2 aromatic rings. The summed E-state index contributed by atoms with van der Waals surface area (Å²) in [6.07, 6.45) is 2.10. The Morgan fingerprint density at radius 1 is 1.23 bits per heavy atom. The van der Waals surface area contributed by atoms with Crippen LogP contribution >= 0.6 is 0 Å². The lowest BCUT2D eigenvalue weighted by Crippen LogP contribution is -2.39. The Bertz CT molecular complexity index is 1010. The van der Waals surface area contributed by atoms with E-state index in [-0.39, 0.29) is 23.7 Å². The number of fused-ring (bicyclic) bond motifs is 1. The van der Waals surface area contributed by atoms with Crippen molar-refractivity contribution in [3.8, 4) is 0 Å². The lowest BCUT2D eigenvalue weighted by atomic mass is 9.97. The first-order chi connectivity index (χ1) is 14.4. The Hall–Kier alpha value is -2.74. The summed E-state index contributed by atoms with van der Waals surface area (Å²) in [7, 11) is 0. The van der Waals surface area contributed by atoms with E-state index in [1.807, 2.05) is 18.7 Å². The minimum Gasteiger partial charge on any atom is -0.378 e. The van der Waals surface area contributed by atoms with Crippen LogP contribution in [-0.2, 0) is 22.4 Å². The number of anilines is 2. The quantitative estimate of drug-likeness (QED) is 0.831. The molecule has 4 rings (SSSR count). The molecule has 0 aliphatic carbocycles. The van der Waals surface area contributed by atoms with Gasteiger partial charge in [0.2, 0.25) is 11.9 Å². The number of halogens is 1. The van der Waals surface area contributed by atoms with Gasteiger partial charge in [0, 0.05) is 43.0 Å². The molecule has 0 bridgehead atoms. The van der Waals surface area contributed by atoms with Crippen LogP contribution in [0.1, 0.15) is 35.2 Å². The molecule has 0 radical (unpaired) electrons. The monoisotopic (exact) mass is 414 g/mol. The summed E-state index contributed by atoms with van der Waals surface area (Å²) in [4.78, 5) is 36.8. The molecule has 0 unspecified atom stereocenters. The first kappa shape index (κ1) is 20.5.